The van der Waals surface area contributed by atoms with Crippen LogP contribution in [-0.2, 0) is 11.3 Å². The maximum Gasteiger partial charge on any atom is 0.261 e. The van der Waals surface area contributed by atoms with Crippen molar-refractivity contribution in [2.75, 3.05) is 39.4 Å². The van der Waals surface area contributed by atoms with Gasteiger partial charge < -0.3 is 10.1 Å². The van der Waals surface area contributed by atoms with E-state index in [0.29, 0.717) is 41.5 Å². The minimum absolute atomic E-state index is 0.0904. The molecule has 2 aliphatic rings. The first-order valence-electron chi connectivity index (χ1n) is 9.86. The Morgan fingerprint density at radius 3 is 2.53 bits per heavy atom. The van der Waals surface area contributed by atoms with Gasteiger partial charge >= 0.3 is 0 Å². The van der Waals surface area contributed by atoms with Crippen molar-refractivity contribution in [3.8, 4) is 0 Å². The lowest BCUT2D eigenvalue weighted by Gasteiger charge is -2.26. The molecule has 0 spiro atoms. The number of carbonyl (C=O) groups is 3. The molecule has 8 heteroatoms. The number of imide groups is 1. The molecule has 1 saturated heterocycles. The normalized spacial score (nSPS) is 16.6. The highest BCUT2D eigenvalue weighted by molar-refractivity contribution is 6.31. The molecule has 156 valence electrons. The molecular formula is C22H22ClN3O4. The standard InChI is InChI=1S/C22H22ClN3O4/c23-19-4-2-1-3-16(19)14-26-21(28)17-6-5-15(13-18(17)22(26)29)20(27)24-7-8-25-9-11-30-12-10-25/h1-6,13H,7-12,14H2,(H,24,27). The number of carbonyl (C=O) groups excluding carboxylic acids is 3. The van der Waals surface area contributed by atoms with Crippen molar-refractivity contribution in [3.63, 3.8) is 0 Å². The van der Waals surface area contributed by atoms with Crippen molar-refractivity contribution in [3.05, 3.63) is 69.7 Å². The second-order valence-electron chi connectivity index (χ2n) is 7.26. The van der Waals surface area contributed by atoms with Crippen LogP contribution in [0.5, 0.6) is 0 Å². The highest BCUT2D eigenvalue weighted by atomic mass is 35.5. The SMILES string of the molecule is O=C(NCCN1CCOCC1)c1ccc2c(c1)C(=O)N(Cc1ccccc1Cl)C2=O. The van der Waals surface area contributed by atoms with Gasteiger partial charge in [-0.1, -0.05) is 29.8 Å². The second-order valence-corrected chi connectivity index (χ2v) is 7.67. The van der Waals surface area contributed by atoms with Crippen LogP contribution in [0.3, 0.4) is 0 Å². The third-order valence-electron chi connectivity index (χ3n) is 5.34. The summed E-state index contributed by atoms with van der Waals surface area (Å²) in [6, 6.07) is 11.7. The van der Waals surface area contributed by atoms with E-state index in [9.17, 15) is 14.4 Å². The van der Waals surface area contributed by atoms with Gasteiger partial charge in [-0.3, -0.25) is 24.2 Å². The molecule has 2 aliphatic heterocycles. The lowest BCUT2D eigenvalue weighted by atomic mass is 10.1. The maximum atomic E-state index is 12.8. The third kappa shape index (κ3) is 4.23. The minimum Gasteiger partial charge on any atom is -0.379 e. The number of nitrogens with one attached hydrogen (secondary N) is 1. The van der Waals surface area contributed by atoms with Gasteiger partial charge in [-0.05, 0) is 29.8 Å². The van der Waals surface area contributed by atoms with E-state index in [1.807, 2.05) is 0 Å². The lowest BCUT2D eigenvalue weighted by Crippen LogP contribution is -2.41. The van der Waals surface area contributed by atoms with Gasteiger partial charge in [0, 0.05) is 36.8 Å². The summed E-state index contributed by atoms with van der Waals surface area (Å²) in [5.74, 6) is -1.07. The summed E-state index contributed by atoms with van der Waals surface area (Å²) in [6.45, 7) is 4.45. The van der Waals surface area contributed by atoms with Crippen LogP contribution in [0.25, 0.3) is 0 Å². The predicted octanol–water partition coefficient (Wildman–Crippen LogP) is 2.20. The smallest absolute Gasteiger partial charge is 0.261 e. The summed E-state index contributed by atoms with van der Waals surface area (Å²) < 4.78 is 5.31. The zero-order chi connectivity index (χ0) is 21.1. The van der Waals surface area contributed by atoms with Crippen LogP contribution in [0.4, 0.5) is 0 Å². The molecule has 4 rings (SSSR count). The monoisotopic (exact) mass is 427 g/mol. The molecule has 2 aromatic carbocycles. The highest BCUT2D eigenvalue weighted by Gasteiger charge is 2.36. The zero-order valence-electron chi connectivity index (χ0n) is 16.4. The van der Waals surface area contributed by atoms with Crippen molar-refractivity contribution >= 4 is 29.3 Å². The van der Waals surface area contributed by atoms with Crippen molar-refractivity contribution in [2.24, 2.45) is 0 Å². The van der Waals surface area contributed by atoms with Crippen molar-refractivity contribution in [1.29, 1.82) is 0 Å². The highest BCUT2D eigenvalue weighted by Crippen LogP contribution is 2.27. The number of benzene rings is 2. The molecule has 0 aliphatic carbocycles. The molecule has 3 amide bonds. The van der Waals surface area contributed by atoms with Crippen molar-refractivity contribution < 1.29 is 19.1 Å². The summed E-state index contributed by atoms with van der Waals surface area (Å²) in [5, 5.41) is 3.37. The minimum atomic E-state index is -0.419. The number of rotatable bonds is 6. The van der Waals surface area contributed by atoms with Crippen LogP contribution in [0.15, 0.2) is 42.5 Å². The van der Waals surface area contributed by atoms with Gasteiger partial charge in [0.1, 0.15) is 0 Å². The van der Waals surface area contributed by atoms with Gasteiger partial charge in [-0.2, -0.15) is 0 Å². The van der Waals surface area contributed by atoms with E-state index in [2.05, 4.69) is 10.2 Å². The van der Waals surface area contributed by atoms with E-state index >= 15 is 0 Å². The first-order chi connectivity index (χ1) is 14.5. The molecule has 0 bridgehead atoms. The fourth-order valence-corrected chi connectivity index (χ4v) is 3.82. The fraction of sp³-hybridized carbons (Fsp3) is 0.318. The number of hydrogen-bond acceptors (Lipinski definition) is 5. The van der Waals surface area contributed by atoms with Crippen LogP contribution in [0, 0.1) is 0 Å². The first kappa shape index (κ1) is 20.5. The largest absolute Gasteiger partial charge is 0.379 e. The van der Waals surface area contributed by atoms with Gasteiger partial charge in [-0.15, -0.1) is 0 Å². The first-order valence-corrected chi connectivity index (χ1v) is 10.2. The molecule has 0 saturated carbocycles. The van der Waals surface area contributed by atoms with E-state index in [-0.39, 0.29) is 23.9 Å². The number of morpholine rings is 1. The Balaban J connectivity index is 1.42. The molecular weight excluding hydrogens is 406 g/mol. The Bertz CT molecular complexity index is 988. The topological polar surface area (TPSA) is 79.0 Å². The van der Waals surface area contributed by atoms with Crippen LogP contribution < -0.4 is 5.32 Å². The molecule has 7 nitrogen and oxygen atoms in total. The van der Waals surface area contributed by atoms with Crippen LogP contribution in [-0.4, -0.2) is 66.9 Å². The Hall–Kier alpha value is -2.74. The number of halogens is 1. The molecule has 1 N–H and O–H groups in total. The van der Waals surface area contributed by atoms with Gasteiger partial charge in [0.2, 0.25) is 0 Å². The fourth-order valence-electron chi connectivity index (χ4n) is 3.63. The molecule has 0 aromatic heterocycles. The Labute approximate surface area is 179 Å². The van der Waals surface area contributed by atoms with E-state index in [1.54, 1.807) is 36.4 Å². The van der Waals surface area contributed by atoms with Crippen LogP contribution >= 0.6 is 11.6 Å². The average molecular weight is 428 g/mol. The maximum absolute atomic E-state index is 12.8. The molecule has 30 heavy (non-hydrogen) atoms. The quantitative estimate of drug-likeness (QED) is 0.715. The Kier molecular flexibility index (Phi) is 6.13. The van der Waals surface area contributed by atoms with Crippen LogP contribution in [0.2, 0.25) is 5.02 Å². The summed E-state index contributed by atoms with van der Waals surface area (Å²) in [4.78, 5) is 41.4. The Morgan fingerprint density at radius 2 is 1.77 bits per heavy atom. The van der Waals surface area contributed by atoms with E-state index in [4.69, 9.17) is 16.3 Å². The average Bonchev–Trinajstić information content (AvgIpc) is 3.00. The summed E-state index contributed by atoms with van der Waals surface area (Å²) in [7, 11) is 0. The molecule has 0 unspecified atom stereocenters. The Morgan fingerprint density at radius 1 is 1.03 bits per heavy atom. The number of hydrogen-bond donors (Lipinski definition) is 1. The van der Waals surface area contributed by atoms with Gasteiger partial charge in [0.25, 0.3) is 17.7 Å². The summed E-state index contributed by atoms with van der Waals surface area (Å²) in [5.41, 5.74) is 1.59. The molecule has 0 atom stereocenters. The number of amides is 3. The lowest BCUT2D eigenvalue weighted by molar-refractivity contribution is 0.0383. The summed E-state index contributed by atoms with van der Waals surface area (Å²) in [6.07, 6.45) is 0. The number of nitrogens with zero attached hydrogens (tertiary/aromatic N) is 2. The van der Waals surface area contributed by atoms with E-state index < -0.39 is 5.91 Å². The number of fused-ring (bicyclic) bond motifs is 1. The van der Waals surface area contributed by atoms with E-state index in [1.165, 1.54) is 6.07 Å². The van der Waals surface area contributed by atoms with Gasteiger partial charge in [-0.25, -0.2) is 0 Å². The molecule has 1 fully saturated rings. The predicted molar refractivity (Wildman–Crippen MR) is 112 cm³/mol. The van der Waals surface area contributed by atoms with Gasteiger partial charge in [0.05, 0.1) is 30.9 Å². The molecule has 2 aromatic rings. The van der Waals surface area contributed by atoms with Crippen LogP contribution in [0.1, 0.15) is 36.6 Å². The zero-order valence-corrected chi connectivity index (χ0v) is 17.2. The number of ether oxygens (including phenoxy) is 1. The van der Waals surface area contributed by atoms with Crippen molar-refractivity contribution in [1.82, 2.24) is 15.1 Å². The van der Waals surface area contributed by atoms with Gasteiger partial charge in [0.15, 0.2) is 0 Å². The van der Waals surface area contributed by atoms with Crippen molar-refractivity contribution in [2.45, 2.75) is 6.54 Å². The molecule has 0 radical (unpaired) electrons. The summed E-state index contributed by atoms with van der Waals surface area (Å²) >= 11 is 6.17. The molecule has 2 heterocycles. The third-order valence-corrected chi connectivity index (χ3v) is 5.71. The van der Waals surface area contributed by atoms with E-state index in [0.717, 1.165) is 24.5 Å². The second kappa shape index (κ2) is 8.95.